The van der Waals surface area contributed by atoms with Gasteiger partial charge in [-0.1, -0.05) is 37.3 Å². The Labute approximate surface area is 105 Å². The number of hydrogen-bond donors (Lipinski definition) is 0. The van der Waals surface area contributed by atoms with Crippen LogP contribution in [-0.4, -0.2) is 16.5 Å². The van der Waals surface area contributed by atoms with Crippen molar-refractivity contribution >= 4 is 11.8 Å². The summed E-state index contributed by atoms with van der Waals surface area (Å²) in [4.78, 5) is 28.5. The summed E-state index contributed by atoms with van der Waals surface area (Å²) in [7, 11) is 0. The molecule has 0 radical (unpaired) electrons. The smallest absolute Gasteiger partial charge is 0.332 e. The van der Waals surface area contributed by atoms with E-state index < -0.39 is 0 Å². The number of carbonyl (C=O) groups excluding carboxylic acids is 2. The highest BCUT2D eigenvalue weighted by Gasteiger charge is 2.15. The van der Waals surface area contributed by atoms with E-state index in [1.54, 1.807) is 49.5 Å². The lowest BCUT2D eigenvalue weighted by atomic mass is 10.1. The van der Waals surface area contributed by atoms with E-state index >= 15 is 0 Å². The van der Waals surface area contributed by atoms with Crippen LogP contribution in [-0.2, 0) is 4.79 Å². The molecule has 0 atom stereocenters. The molecule has 0 aliphatic heterocycles. The van der Waals surface area contributed by atoms with Crippen LogP contribution in [0, 0.1) is 0 Å². The van der Waals surface area contributed by atoms with Crippen LogP contribution in [0.4, 0.5) is 0 Å². The van der Waals surface area contributed by atoms with Crippen molar-refractivity contribution < 1.29 is 14.4 Å². The molecule has 0 aliphatic carbocycles. The van der Waals surface area contributed by atoms with Gasteiger partial charge in [-0.25, -0.2) is 4.79 Å². The normalized spacial score (nSPS) is 10.1. The summed E-state index contributed by atoms with van der Waals surface area (Å²) in [6.45, 7) is 1.70. The SMILES string of the molecule is CCC(=O)On1cccc1C(=O)c1ccccc1. The van der Waals surface area contributed by atoms with Crippen molar-refractivity contribution in [3.8, 4) is 0 Å². The van der Waals surface area contributed by atoms with E-state index in [4.69, 9.17) is 4.84 Å². The molecule has 0 unspecified atom stereocenters. The van der Waals surface area contributed by atoms with Crippen LogP contribution in [0.5, 0.6) is 0 Å². The first-order valence-electron chi connectivity index (χ1n) is 5.70. The van der Waals surface area contributed by atoms with Gasteiger partial charge in [0.1, 0.15) is 5.69 Å². The summed E-state index contributed by atoms with van der Waals surface area (Å²) in [6.07, 6.45) is 1.81. The molecule has 0 fully saturated rings. The number of nitrogens with zero attached hydrogens (tertiary/aromatic N) is 1. The molecule has 0 saturated carbocycles. The predicted molar refractivity (Wildman–Crippen MR) is 66.2 cm³/mol. The number of carbonyl (C=O) groups is 2. The molecule has 0 N–H and O–H groups in total. The Morgan fingerprint density at radius 3 is 2.50 bits per heavy atom. The van der Waals surface area contributed by atoms with Gasteiger partial charge < -0.3 is 4.84 Å². The van der Waals surface area contributed by atoms with Gasteiger partial charge in [-0.15, -0.1) is 0 Å². The van der Waals surface area contributed by atoms with E-state index in [1.165, 1.54) is 4.73 Å². The number of benzene rings is 1. The average Bonchev–Trinajstić information content (AvgIpc) is 2.86. The quantitative estimate of drug-likeness (QED) is 0.772. The molecule has 0 spiro atoms. The zero-order valence-corrected chi connectivity index (χ0v) is 10.00. The highest BCUT2D eigenvalue weighted by atomic mass is 16.7. The molecule has 18 heavy (non-hydrogen) atoms. The zero-order valence-electron chi connectivity index (χ0n) is 10.00. The Kier molecular flexibility index (Phi) is 3.57. The molecule has 2 aromatic rings. The largest absolute Gasteiger partial charge is 0.336 e. The number of rotatable bonds is 4. The Bertz CT molecular complexity index is 557. The average molecular weight is 243 g/mol. The molecule has 0 bridgehead atoms. The minimum Gasteiger partial charge on any atom is -0.336 e. The summed E-state index contributed by atoms with van der Waals surface area (Å²) in [5, 5.41) is 0. The first-order chi connectivity index (χ1) is 8.72. The van der Waals surface area contributed by atoms with Gasteiger partial charge in [0.25, 0.3) is 0 Å². The Morgan fingerprint density at radius 2 is 1.83 bits per heavy atom. The molecule has 92 valence electrons. The lowest BCUT2D eigenvalue weighted by Crippen LogP contribution is -2.22. The fraction of sp³-hybridized carbons (Fsp3) is 0.143. The molecular weight excluding hydrogens is 230 g/mol. The third-order valence-electron chi connectivity index (χ3n) is 2.47. The van der Waals surface area contributed by atoms with Gasteiger partial charge in [0.05, 0.1) is 0 Å². The summed E-state index contributed by atoms with van der Waals surface area (Å²) < 4.78 is 1.21. The number of ketones is 1. The molecule has 2 rings (SSSR count). The van der Waals surface area contributed by atoms with Crippen molar-refractivity contribution in [3.05, 3.63) is 59.9 Å². The van der Waals surface area contributed by atoms with Crippen LogP contribution in [0.25, 0.3) is 0 Å². The third kappa shape index (κ3) is 2.48. The van der Waals surface area contributed by atoms with Gasteiger partial charge in [0, 0.05) is 18.2 Å². The second-order valence-corrected chi connectivity index (χ2v) is 3.73. The minimum absolute atomic E-state index is 0.176. The van der Waals surface area contributed by atoms with Crippen LogP contribution in [0.2, 0.25) is 0 Å². The molecule has 4 nitrogen and oxygen atoms in total. The monoisotopic (exact) mass is 243 g/mol. The van der Waals surface area contributed by atoms with Gasteiger partial charge in [-0.3, -0.25) is 4.79 Å². The molecule has 1 aromatic carbocycles. The lowest BCUT2D eigenvalue weighted by molar-refractivity contribution is -0.143. The van der Waals surface area contributed by atoms with Crippen LogP contribution in [0.15, 0.2) is 48.7 Å². The van der Waals surface area contributed by atoms with Crippen molar-refractivity contribution in [1.82, 2.24) is 4.73 Å². The Balaban J connectivity index is 2.27. The molecule has 4 heteroatoms. The molecular formula is C14H13NO3. The summed E-state index contributed by atoms with van der Waals surface area (Å²) in [6, 6.07) is 12.2. The fourth-order valence-electron chi connectivity index (χ4n) is 1.53. The van der Waals surface area contributed by atoms with E-state index in [2.05, 4.69) is 0 Å². The van der Waals surface area contributed by atoms with Crippen LogP contribution in [0.1, 0.15) is 29.4 Å². The summed E-state index contributed by atoms with van der Waals surface area (Å²) in [5.74, 6) is -0.558. The molecule has 0 aliphatic rings. The zero-order chi connectivity index (χ0) is 13.0. The minimum atomic E-state index is -0.381. The van der Waals surface area contributed by atoms with Gasteiger partial charge in [-0.2, -0.15) is 4.73 Å². The maximum Gasteiger partial charge on any atom is 0.332 e. The second-order valence-electron chi connectivity index (χ2n) is 3.73. The van der Waals surface area contributed by atoms with Crippen LogP contribution < -0.4 is 4.84 Å². The molecule has 0 saturated heterocycles. The first-order valence-corrected chi connectivity index (χ1v) is 5.70. The summed E-state index contributed by atoms with van der Waals surface area (Å²) in [5.41, 5.74) is 0.896. The molecule has 1 aromatic heterocycles. The topological polar surface area (TPSA) is 48.3 Å². The van der Waals surface area contributed by atoms with E-state index in [-0.39, 0.29) is 18.2 Å². The van der Waals surface area contributed by atoms with Gasteiger partial charge in [-0.05, 0) is 12.1 Å². The van der Waals surface area contributed by atoms with Gasteiger partial charge >= 0.3 is 5.97 Å². The lowest BCUT2D eigenvalue weighted by Gasteiger charge is -2.07. The van der Waals surface area contributed by atoms with Crippen molar-refractivity contribution in [2.75, 3.05) is 0 Å². The van der Waals surface area contributed by atoms with Crippen molar-refractivity contribution in [1.29, 1.82) is 0 Å². The first kappa shape index (κ1) is 12.1. The van der Waals surface area contributed by atoms with Crippen LogP contribution in [0.3, 0.4) is 0 Å². The number of aromatic nitrogens is 1. The Hall–Kier alpha value is -2.36. The summed E-state index contributed by atoms with van der Waals surface area (Å²) >= 11 is 0. The maximum absolute atomic E-state index is 12.2. The highest BCUT2D eigenvalue weighted by molar-refractivity contribution is 6.07. The van der Waals surface area contributed by atoms with Crippen molar-refractivity contribution in [2.45, 2.75) is 13.3 Å². The van der Waals surface area contributed by atoms with E-state index in [0.717, 1.165) is 0 Å². The number of hydrogen-bond acceptors (Lipinski definition) is 3. The Morgan fingerprint density at radius 1 is 1.11 bits per heavy atom. The predicted octanol–water partition coefficient (Wildman–Crippen LogP) is 2.08. The van der Waals surface area contributed by atoms with E-state index in [1.807, 2.05) is 6.07 Å². The maximum atomic E-state index is 12.2. The van der Waals surface area contributed by atoms with Crippen molar-refractivity contribution in [2.24, 2.45) is 0 Å². The third-order valence-corrected chi connectivity index (χ3v) is 2.47. The van der Waals surface area contributed by atoms with E-state index in [9.17, 15) is 9.59 Å². The van der Waals surface area contributed by atoms with Crippen molar-refractivity contribution in [3.63, 3.8) is 0 Å². The fourth-order valence-corrected chi connectivity index (χ4v) is 1.53. The van der Waals surface area contributed by atoms with Crippen LogP contribution >= 0.6 is 0 Å². The molecule has 1 heterocycles. The van der Waals surface area contributed by atoms with Gasteiger partial charge in [0.15, 0.2) is 0 Å². The second kappa shape index (κ2) is 5.31. The van der Waals surface area contributed by atoms with Gasteiger partial charge in [0.2, 0.25) is 5.78 Å². The highest BCUT2D eigenvalue weighted by Crippen LogP contribution is 2.09. The molecule has 0 amide bonds. The standard InChI is InChI=1S/C14H13NO3/c1-2-13(16)18-15-10-6-9-12(15)14(17)11-7-4-3-5-8-11/h3-10H,2H2,1H3. The van der Waals surface area contributed by atoms with E-state index in [0.29, 0.717) is 11.3 Å².